The topological polar surface area (TPSA) is 87.8 Å². The van der Waals surface area contributed by atoms with Crippen LogP contribution in [0, 0.1) is 5.92 Å². The highest BCUT2D eigenvalue weighted by Gasteiger charge is 2.28. The fraction of sp³-hybridized carbons (Fsp3) is 0.158. The van der Waals surface area contributed by atoms with Gasteiger partial charge in [-0.2, -0.15) is 10.2 Å². The van der Waals surface area contributed by atoms with Gasteiger partial charge < -0.3 is 4.57 Å². The van der Waals surface area contributed by atoms with Gasteiger partial charge >= 0.3 is 0 Å². The summed E-state index contributed by atoms with van der Waals surface area (Å²) < 4.78 is 2.27. The van der Waals surface area contributed by atoms with Crippen molar-refractivity contribution in [1.29, 1.82) is 0 Å². The van der Waals surface area contributed by atoms with Crippen LogP contribution >= 0.6 is 0 Å². The molecule has 4 rings (SSSR count). The van der Waals surface area contributed by atoms with Gasteiger partial charge in [-0.05, 0) is 30.7 Å². The van der Waals surface area contributed by atoms with Crippen molar-refractivity contribution in [2.75, 3.05) is 0 Å². The van der Waals surface area contributed by atoms with Crippen LogP contribution in [0.5, 0.6) is 0 Å². The summed E-state index contributed by atoms with van der Waals surface area (Å²) in [5.41, 5.74) is 7.81. The lowest BCUT2D eigenvalue weighted by Gasteiger charge is -2.03. The van der Waals surface area contributed by atoms with Crippen molar-refractivity contribution >= 4 is 46.0 Å². The van der Waals surface area contributed by atoms with E-state index in [0.29, 0.717) is 0 Å². The highest BCUT2D eigenvalue weighted by Crippen LogP contribution is 2.29. The Morgan fingerprint density at radius 2 is 2.08 bits per heavy atom. The summed E-state index contributed by atoms with van der Waals surface area (Å²) in [6, 6.07) is 14.3. The number of fused-ring (bicyclic) bond motifs is 3. The number of nitrogens with one attached hydrogen (secondary N) is 2. The van der Waals surface area contributed by atoms with Crippen LogP contribution in [0.4, 0.5) is 0 Å². The van der Waals surface area contributed by atoms with Gasteiger partial charge in [0.25, 0.3) is 11.8 Å². The maximum absolute atomic E-state index is 11.9. The smallest absolute Gasteiger partial charge is 0.258 e. The molecule has 2 heterocycles. The number of benzene rings is 2. The number of nitrogens with zero attached hydrogens (tertiary/aromatic N) is 3. The number of hydrogen-bond donors (Lipinski definition) is 2. The summed E-state index contributed by atoms with van der Waals surface area (Å²) in [5, 5.41) is 9.85. The number of para-hydroxylation sites is 1. The third-order valence-corrected chi connectivity index (χ3v) is 4.46. The number of carbonyl (C=O) groups excluding carboxylic acids is 2. The van der Waals surface area contributed by atoms with Crippen molar-refractivity contribution in [2.24, 2.45) is 16.1 Å². The van der Waals surface area contributed by atoms with Crippen LogP contribution in [0.1, 0.15) is 12.5 Å². The standard InChI is InChI=1S/C19H17N5O2/c1-2-24-16-6-4-3-5-13(16)14-9-12(7-8-17(14)24)10-20-22-18(25)15-11-21-23-19(15)26/h3-11,15H,2H2,1H3,(H,22,25)(H,23,26)/b20-10-/t15-/m0/s1. The van der Waals surface area contributed by atoms with Crippen LogP contribution in [-0.4, -0.2) is 28.8 Å². The average Bonchev–Trinajstić information content (AvgIpc) is 3.22. The fourth-order valence-electron chi connectivity index (χ4n) is 3.23. The first-order valence-electron chi connectivity index (χ1n) is 8.36. The molecule has 3 aromatic rings. The van der Waals surface area contributed by atoms with E-state index in [-0.39, 0.29) is 0 Å². The van der Waals surface area contributed by atoms with Gasteiger partial charge in [0.2, 0.25) is 0 Å². The van der Waals surface area contributed by atoms with Crippen molar-refractivity contribution in [3.8, 4) is 0 Å². The lowest BCUT2D eigenvalue weighted by Crippen LogP contribution is -2.34. The Morgan fingerprint density at radius 3 is 2.85 bits per heavy atom. The monoisotopic (exact) mass is 347 g/mol. The van der Waals surface area contributed by atoms with Crippen LogP contribution in [0.25, 0.3) is 21.8 Å². The van der Waals surface area contributed by atoms with Gasteiger partial charge in [-0.15, -0.1) is 0 Å². The summed E-state index contributed by atoms with van der Waals surface area (Å²) in [6.07, 6.45) is 2.83. The molecule has 2 aromatic carbocycles. The molecule has 1 atom stereocenters. The number of rotatable bonds is 4. The molecule has 0 saturated heterocycles. The average molecular weight is 347 g/mol. The molecule has 0 bridgehead atoms. The highest BCUT2D eigenvalue weighted by molar-refractivity contribution is 6.15. The van der Waals surface area contributed by atoms with Crippen molar-refractivity contribution in [2.45, 2.75) is 13.5 Å². The zero-order valence-corrected chi connectivity index (χ0v) is 14.1. The van der Waals surface area contributed by atoms with E-state index in [9.17, 15) is 9.59 Å². The maximum atomic E-state index is 11.9. The van der Waals surface area contributed by atoms with Gasteiger partial charge in [-0.3, -0.25) is 9.59 Å². The molecule has 7 heteroatoms. The Labute approximate surface area is 149 Å². The minimum absolute atomic E-state index is 0.452. The molecule has 2 amide bonds. The number of amides is 2. The van der Waals surface area contributed by atoms with Crippen LogP contribution in [0.3, 0.4) is 0 Å². The van der Waals surface area contributed by atoms with Gasteiger partial charge in [-0.25, -0.2) is 10.9 Å². The Balaban J connectivity index is 1.61. The summed E-state index contributed by atoms with van der Waals surface area (Å²) in [4.78, 5) is 23.3. The SMILES string of the molecule is CCn1c2ccccc2c2cc(/C=N\NC(=O)[C@@H]3C=NNC3=O)ccc21. The lowest BCUT2D eigenvalue weighted by atomic mass is 10.1. The molecular formula is C19H17N5O2. The van der Waals surface area contributed by atoms with E-state index < -0.39 is 17.7 Å². The normalized spacial score (nSPS) is 16.7. The summed E-state index contributed by atoms with van der Waals surface area (Å²) in [5.74, 6) is -1.90. The molecule has 130 valence electrons. The third kappa shape index (κ3) is 2.63. The molecule has 0 radical (unpaired) electrons. The molecule has 1 aliphatic heterocycles. The number of aryl methyl sites for hydroxylation is 1. The van der Waals surface area contributed by atoms with E-state index in [1.54, 1.807) is 6.21 Å². The minimum Gasteiger partial charge on any atom is -0.341 e. The molecular weight excluding hydrogens is 330 g/mol. The van der Waals surface area contributed by atoms with Crippen molar-refractivity contribution in [3.05, 3.63) is 48.0 Å². The Bertz CT molecular complexity index is 1080. The van der Waals surface area contributed by atoms with Crippen LogP contribution in [0.15, 0.2) is 52.7 Å². The summed E-state index contributed by atoms with van der Waals surface area (Å²) >= 11 is 0. The van der Waals surface area contributed by atoms with Crippen LogP contribution in [0.2, 0.25) is 0 Å². The van der Waals surface area contributed by atoms with E-state index in [1.807, 2.05) is 24.3 Å². The minimum atomic E-state index is -0.933. The summed E-state index contributed by atoms with van der Waals surface area (Å²) in [6.45, 7) is 3.01. The molecule has 0 spiro atoms. The summed E-state index contributed by atoms with van der Waals surface area (Å²) in [7, 11) is 0. The Hall–Kier alpha value is -3.48. The van der Waals surface area contributed by atoms with Crippen LogP contribution < -0.4 is 10.9 Å². The number of hydrogen-bond acceptors (Lipinski definition) is 4. The second-order valence-electron chi connectivity index (χ2n) is 6.00. The highest BCUT2D eigenvalue weighted by atomic mass is 16.2. The zero-order chi connectivity index (χ0) is 18.1. The molecule has 26 heavy (non-hydrogen) atoms. The number of aromatic nitrogens is 1. The fourth-order valence-corrected chi connectivity index (χ4v) is 3.23. The van der Waals surface area contributed by atoms with Gasteiger partial charge in [0, 0.05) is 34.6 Å². The quantitative estimate of drug-likeness (QED) is 0.429. The van der Waals surface area contributed by atoms with Gasteiger partial charge in [0.05, 0.1) is 6.21 Å². The van der Waals surface area contributed by atoms with Gasteiger partial charge in [0.15, 0.2) is 5.92 Å². The molecule has 0 unspecified atom stereocenters. The first-order valence-corrected chi connectivity index (χ1v) is 8.36. The molecule has 2 N–H and O–H groups in total. The predicted octanol–water partition coefficient (Wildman–Crippen LogP) is 2.00. The first-order chi connectivity index (χ1) is 12.7. The van der Waals surface area contributed by atoms with E-state index >= 15 is 0 Å². The van der Waals surface area contributed by atoms with Crippen molar-refractivity contribution < 1.29 is 9.59 Å². The van der Waals surface area contributed by atoms with Crippen LogP contribution in [-0.2, 0) is 16.1 Å². The third-order valence-electron chi connectivity index (χ3n) is 4.46. The second-order valence-corrected chi connectivity index (χ2v) is 6.00. The molecule has 7 nitrogen and oxygen atoms in total. The zero-order valence-electron chi connectivity index (χ0n) is 14.1. The molecule has 0 saturated carbocycles. The first kappa shape index (κ1) is 16.0. The van der Waals surface area contributed by atoms with E-state index in [2.05, 4.69) is 50.7 Å². The molecule has 0 fully saturated rings. The lowest BCUT2D eigenvalue weighted by molar-refractivity contribution is -0.131. The second kappa shape index (κ2) is 6.44. The maximum Gasteiger partial charge on any atom is 0.258 e. The van der Waals surface area contributed by atoms with Gasteiger partial charge in [-0.1, -0.05) is 24.3 Å². The predicted molar refractivity (Wildman–Crippen MR) is 101 cm³/mol. The largest absolute Gasteiger partial charge is 0.341 e. The molecule has 1 aromatic heterocycles. The Kier molecular flexibility index (Phi) is 3.96. The van der Waals surface area contributed by atoms with Crippen molar-refractivity contribution in [1.82, 2.24) is 15.4 Å². The Morgan fingerprint density at radius 1 is 1.27 bits per heavy atom. The molecule has 1 aliphatic rings. The van der Waals surface area contributed by atoms with Gasteiger partial charge in [0.1, 0.15) is 0 Å². The van der Waals surface area contributed by atoms with E-state index in [4.69, 9.17) is 0 Å². The number of hydrazone groups is 2. The van der Waals surface area contributed by atoms with E-state index in [1.165, 1.54) is 17.1 Å². The van der Waals surface area contributed by atoms with Crippen molar-refractivity contribution in [3.63, 3.8) is 0 Å². The molecule has 0 aliphatic carbocycles. The van der Waals surface area contributed by atoms with E-state index in [0.717, 1.165) is 23.0 Å². The number of carbonyl (C=O) groups is 2.